The Bertz CT molecular complexity index is 3850. The van der Waals surface area contributed by atoms with Crippen molar-refractivity contribution < 1.29 is 0 Å². The van der Waals surface area contributed by atoms with Gasteiger partial charge in [0.1, 0.15) is 0 Å². The Hall–Kier alpha value is -8.66. The van der Waals surface area contributed by atoms with E-state index in [4.69, 9.17) is 9.97 Å². The molecule has 10 aromatic carbocycles. The average Bonchev–Trinajstić information content (AvgIpc) is 4.01. The third kappa shape index (κ3) is 5.20. The highest BCUT2D eigenvalue weighted by Crippen LogP contribution is 2.65. The van der Waals surface area contributed by atoms with Crippen molar-refractivity contribution in [2.45, 2.75) is 5.41 Å². The molecule has 14 rings (SSSR count). The van der Waals surface area contributed by atoms with E-state index in [2.05, 4.69) is 241 Å². The van der Waals surface area contributed by atoms with Gasteiger partial charge in [-0.25, -0.2) is 9.97 Å². The number of aromatic nitrogens is 3. The summed E-state index contributed by atoms with van der Waals surface area (Å²) in [6, 6.07) is 86.2. The molecule has 0 N–H and O–H groups in total. The Morgan fingerprint density at radius 2 is 0.848 bits per heavy atom. The first-order valence-corrected chi connectivity index (χ1v) is 22.7. The molecule has 1 spiro atoms. The maximum absolute atomic E-state index is 5.43. The highest BCUT2D eigenvalue weighted by atomic mass is 15.0. The van der Waals surface area contributed by atoms with Gasteiger partial charge >= 0.3 is 0 Å². The standard InChI is InChI=1S/C63H39N3/c1-2-18-40(19-3-1)56-39-57(43-22-17-24-45(37-43)66-58-34-14-9-28-49(58)50-29-10-15-35-59(50)66)65-62(64-56)44-23-16-21-41(36-44)52-38-42-20-4-5-25-46(42)61-60(52)51-30-8-13-33-55(51)63(61)53-31-11-6-26-47(53)48-27-7-12-32-54(48)63/h1-39H. The van der Waals surface area contributed by atoms with Crippen LogP contribution in [0.15, 0.2) is 237 Å². The van der Waals surface area contributed by atoms with Crippen LogP contribution < -0.4 is 0 Å². The normalized spacial score (nSPS) is 13.0. The first-order valence-electron chi connectivity index (χ1n) is 22.7. The van der Waals surface area contributed by atoms with Crippen molar-refractivity contribution in [2.75, 3.05) is 0 Å². The first kappa shape index (κ1) is 36.8. The van der Waals surface area contributed by atoms with Crippen LogP contribution in [0.3, 0.4) is 0 Å². The van der Waals surface area contributed by atoms with Gasteiger partial charge in [-0.3, -0.25) is 0 Å². The van der Waals surface area contributed by atoms with E-state index in [9.17, 15) is 0 Å². The molecule has 2 aliphatic rings. The predicted octanol–water partition coefficient (Wildman–Crippen LogP) is 15.7. The second-order valence-corrected chi connectivity index (χ2v) is 17.6. The summed E-state index contributed by atoms with van der Waals surface area (Å²) in [5, 5.41) is 4.98. The van der Waals surface area contributed by atoms with Gasteiger partial charge < -0.3 is 4.57 Å². The van der Waals surface area contributed by atoms with Gasteiger partial charge in [-0.05, 0) is 109 Å². The van der Waals surface area contributed by atoms with Crippen LogP contribution in [0.2, 0.25) is 0 Å². The Labute approximate surface area is 382 Å². The molecule has 66 heavy (non-hydrogen) atoms. The Kier molecular flexibility index (Phi) is 7.90. The van der Waals surface area contributed by atoms with E-state index >= 15 is 0 Å². The number of hydrogen-bond acceptors (Lipinski definition) is 2. The van der Waals surface area contributed by atoms with Crippen molar-refractivity contribution >= 4 is 32.6 Å². The van der Waals surface area contributed by atoms with Gasteiger partial charge in [0.05, 0.1) is 27.8 Å². The summed E-state index contributed by atoms with van der Waals surface area (Å²) < 4.78 is 2.37. The van der Waals surface area contributed by atoms with E-state index in [1.54, 1.807) is 0 Å². The molecule has 0 saturated heterocycles. The molecule has 3 heteroatoms. The lowest BCUT2D eigenvalue weighted by Gasteiger charge is -2.31. The van der Waals surface area contributed by atoms with Gasteiger partial charge in [0.2, 0.25) is 0 Å². The van der Waals surface area contributed by atoms with Gasteiger partial charge in [0, 0.05) is 33.2 Å². The fraction of sp³-hybridized carbons (Fsp3) is 0.0159. The number of para-hydroxylation sites is 2. The first-order chi connectivity index (χ1) is 32.7. The molecule has 0 atom stereocenters. The lowest BCUT2D eigenvalue weighted by molar-refractivity contribution is 0.801. The molecule has 2 aromatic heterocycles. The largest absolute Gasteiger partial charge is 0.309 e. The lowest BCUT2D eigenvalue weighted by Crippen LogP contribution is -2.26. The van der Waals surface area contributed by atoms with Crippen molar-refractivity contribution in [1.82, 2.24) is 14.5 Å². The van der Waals surface area contributed by atoms with Gasteiger partial charge in [0.25, 0.3) is 0 Å². The molecule has 0 amide bonds. The van der Waals surface area contributed by atoms with E-state index in [-0.39, 0.29) is 0 Å². The summed E-state index contributed by atoms with van der Waals surface area (Å²) in [6.07, 6.45) is 0. The topological polar surface area (TPSA) is 30.7 Å². The quantitative estimate of drug-likeness (QED) is 0.173. The molecule has 0 radical (unpaired) electrons. The van der Waals surface area contributed by atoms with Crippen LogP contribution in [0.25, 0.3) is 106 Å². The molecule has 2 aliphatic carbocycles. The van der Waals surface area contributed by atoms with Gasteiger partial charge in [-0.1, -0.05) is 194 Å². The van der Waals surface area contributed by atoms with E-state index in [1.807, 2.05) is 0 Å². The highest BCUT2D eigenvalue weighted by Gasteiger charge is 2.53. The van der Waals surface area contributed by atoms with Gasteiger partial charge in [0.15, 0.2) is 5.82 Å². The maximum atomic E-state index is 5.43. The fourth-order valence-corrected chi connectivity index (χ4v) is 11.5. The third-order valence-corrected chi connectivity index (χ3v) is 14.2. The number of benzene rings is 10. The molecular formula is C63H39N3. The fourth-order valence-electron chi connectivity index (χ4n) is 11.5. The lowest BCUT2D eigenvalue weighted by atomic mass is 9.69. The molecule has 306 valence electrons. The van der Waals surface area contributed by atoms with E-state index in [0.717, 1.165) is 39.3 Å². The minimum atomic E-state index is -0.470. The van der Waals surface area contributed by atoms with E-state index < -0.39 is 5.41 Å². The molecule has 0 aliphatic heterocycles. The van der Waals surface area contributed by atoms with Crippen LogP contribution in [-0.4, -0.2) is 14.5 Å². The zero-order valence-corrected chi connectivity index (χ0v) is 35.9. The second kappa shape index (κ2) is 14.2. The zero-order chi connectivity index (χ0) is 43.3. The predicted molar refractivity (Wildman–Crippen MR) is 272 cm³/mol. The van der Waals surface area contributed by atoms with Crippen molar-refractivity contribution in [3.63, 3.8) is 0 Å². The Morgan fingerprint density at radius 1 is 0.333 bits per heavy atom. The smallest absolute Gasteiger partial charge is 0.160 e. The van der Waals surface area contributed by atoms with Crippen LogP contribution >= 0.6 is 0 Å². The number of nitrogens with zero attached hydrogens (tertiary/aromatic N) is 3. The van der Waals surface area contributed by atoms with Crippen LogP contribution in [0.5, 0.6) is 0 Å². The van der Waals surface area contributed by atoms with Crippen LogP contribution in [-0.2, 0) is 5.41 Å². The zero-order valence-electron chi connectivity index (χ0n) is 35.9. The Balaban J connectivity index is 0.978. The minimum Gasteiger partial charge on any atom is -0.309 e. The molecule has 0 fully saturated rings. The summed E-state index contributed by atoms with van der Waals surface area (Å²) in [6.45, 7) is 0. The maximum Gasteiger partial charge on any atom is 0.160 e. The summed E-state index contributed by atoms with van der Waals surface area (Å²) in [7, 11) is 0. The Morgan fingerprint density at radius 3 is 1.56 bits per heavy atom. The van der Waals surface area contributed by atoms with Crippen molar-refractivity contribution in [3.05, 3.63) is 259 Å². The monoisotopic (exact) mass is 837 g/mol. The second-order valence-electron chi connectivity index (χ2n) is 17.6. The molecule has 0 bridgehead atoms. The van der Waals surface area contributed by atoms with Gasteiger partial charge in [-0.2, -0.15) is 0 Å². The number of fused-ring (bicyclic) bond motifs is 15. The van der Waals surface area contributed by atoms with Crippen LogP contribution in [0.1, 0.15) is 22.3 Å². The molecular weight excluding hydrogens is 799 g/mol. The molecule has 2 heterocycles. The van der Waals surface area contributed by atoms with Crippen LogP contribution in [0.4, 0.5) is 0 Å². The van der Waals surface area contributed by atoms with Gasteiger partial charge in [-0.15, -0.1) is 0 Å². The summed E-state index contributed by atoms with van der Waals surface area (Å²) in [4.78, 5) is 10.8. The highest BCUT2D eigenvalue weighted by molar-refractivity contribution is 6.10. The van der Waals surface area contributed by atoms with E-state index in [1.165, 1.54) is 82.6 Å². The molecule has 12 aromatic rings. The SMILES string of the molecule is c1ccc(-c2cc(-c3cccc(-n4c5ccccc5c5ccccc54)c3)nc(-c3cccc(-c4cc5ccccc5c5c4-c4ccccc4C54c5ccccc5-c5ccccc54)c3)n2)cc1. The molecule has 0 saturated carbocycles. The van der Waals surface area contributed by atoms with Crippen molar-refractivity contribution in [2.24, 2.45) is 0 Å². The number of hydrogen-bond donors (Lipinski definition) is 0. The molecule has 0 unspecified atom stereocenters. The van der Waals surface area contributed by atoms with Crippen LogP contribution in [0, 0.1) is 0 Å². The van der Waals surface area contributed by atoms with E-state index in [0.29, 0.717) is 5.82 Å². The molecule has 3 nitrogen and oxygen atoms in total. The summed E-state index contributed by atoms with van der Waals surface area (Å²) in [5.74, 6) is 0.684. The van der Waals surface area contributed by atoms with Crippen molar-refractivity contribution in [1.29, 1.82) is 0 Å². The summed E-state index contributed by atoms with van der Waals surface area (Å²) in [5.41, 5.74) is 20.6. The average molecular weight is 838 g/mol. The minimum absolute atomic E-state index is 0.470. The third-order valence-electron chi connectivity index (χ3n) is 14.2. The summed E-state index contributed by atoms with van der Waals surface area (Å²) >= 11 is 0. The van der Waals surface area contributed by atoms with Crippen molar-refractivity contribution in [3.8, 4) is 73.0 Å². The number of rotatable bonds is 5.